The summed E-state index contributed by atoms with van der Waals surface area (Å²) in [6.45, 7) is 0.605. The summed E-state index contributed by atoms with van der Waals surface area (Å²) in [5, 5.41) is 7.62. The van der Waals surface area contributed by atoms with Crippen molar-refractivity contribution in [2.75, 3.05) is 18.8 Å². The average molecular weight is 209 g/mol. The Hall–Kier alpha value is -0.310. The minimum Gasteiger partial charge on any atom is -0.212 e. The molecule has 0 radical (unpaired) electrons. The summed E-state index contributed by atoms with van der Waals surface area (Å²) in [6.07, 6.45) is 0.636. The lowest BCUT2D eigenvalue weighted by molar-refractivity contribution is 0.453. The van der Waals surface area contributed by atoms with Crippen molar-refractivity contribution in [2.24, 2.45) is 0 Å². The van der Waals surface area contributed by atoms with E-state index in [1.165, 1.54) is 4.31 Å². The fraction of sp³-hybridized carbons (Fsp3) is 0.833. The molecule has 12 heavy (non-hydrogen) atoms. The summed E-state index contributed by atoms with van der Waals surface area (Å²) in [7, 11) is -3.09. The maximum absolute atomic E-state index is 11.2. The highest BCUT2D eigenvalue weighted by Gasteiger charge is 2.29. The maximum atomic E-state index is 11.2. The molecule has 0 spiro atoms. The molecule has 6 heteroatoms. The van der Waals surface area contributed by atoms with E-state index >= 15 is 0 Å². The predicted octanol–water partition coefficient (Wildman–Crippen LogP) is 0.153. The molecule has 0 amide bonds. The highest BCUT2D eigenvalue weighted by atomic mass is 35.5. The molecule has 0 aliphatic carbocycles. The summed E-state index contributed by atoms with van der Waals surface area (Å²) in [4.78, 5) is 0. The van der Waals surface area contributed by atoms with Crippen molar-refractivity contribution in [3.63, 3.8) is 0 Å². The zero-order valence-electron chi connectivity index (χ0n) is 6.40. The monoisotopic (exact) mass is 208 g/mol. The highest BCUT2D eigenvalue weighted by Crippen LogP contribution is 2.14. The molecule has 1 aliphatic rings. The van der Waals surface area contributed by atoms with Crippen LogP contribution in [0.15, 0.2) is 0 Å². The van der Waals surface area contributed by atoms with E-state index in [4.69, 9.17) is 16.9 Å². The summed E-state index contributed by atoms with van der Waals surface area (Å²) in [5.74, 6) is 0.183. The van der Waals surface area contributed by atoms with E-state index in [2.05, 4.69) is 0 Å². The van der Waals surface area contributed by atoms with Gasteiger partial charge in [0.05, 0.1) is 11.8 Å². The summed E-state index contributed by atoms with van der Waals surface area (Å²) >= 11 is 5.51. The second-order valence-corrected chi connectivity index (χ2v) is 5.24. The van der Waals surface area contributed by atoms with Gasteiger partial charge in [0.15, 0.2) is 0 Å². The molecule has 1 rings (SSSR count). The number of hydrogen-bond donors (Lipinski definition) is 0. The summed E-state index contributed by atoms with van der Waals surface area (Å²) < 4.78 is 23.6. The van der Waals surface area contributed by atoms with E-state index < -0.39 is 15.4 Å². The Morgan fingerprint density at radius 2 is 2.33 bits per heavy atom. The first kappa shape index (κ1) is 9.78. The molecule has 1 atom stereocenters. The summed E-state index contributed by atoms with van der Waals surface area (Å²) in [5.41, 5.74) is 0. The number of rotatable bonds is 2. The van der Waals surface area contributed by atoms with E-state index in [1.54, 1.807) is 6.07 Å². The van der Waals surface area contributed by atoms with Crippen LogP contribution in [0.3, 0.4) is 0 Å². The van der Waals surface area contributed by atoms with E-state index in [0.717, 1.165) is 0 Å². The largest absolute Gasteiger partial charge is 0.214 e. The molecule has 0 N–H and O–H groups in total. The van der Waals surface area contributed by atoms with E-state index in [0.29, 0.717) is 13.0 Å². The van der Waals surface area contributed by atoms with Gasteiger partial charge in [0.2, 0.25) is 10.0 Å². The van der Waals surface area contributed by atoms with Gasteiger partial charge in [-0.3, -0.25) is 0 Å². The third-order valence-corrected chi connectivity index (χ3v) is 3.87. The van der Waals surface area contributed by atoms with Gasteiger partial charge in [0.25, 0.3) is 0 Å². The molecule has 1 heterocycles. The van der Waals surface area contributed by atoms with Crippen LogP contribution in [0.4, 0.5) is 0 Å². The Morgan fingerprint density at radius 1 is 1.67 bits per heavy atom. The summed E-state index contributed by atoms with van der Waals surface area (Å²) in [6, 6.07) is 1.79. The number of alkyl halides is 1. The molecule has 1 unspecified atom stereocenters. The lowest BCUT2D eigenvalue weighted by Gasteiger charge is -2.13. The Balaban J connectivity index is 2.60. The van der Waals surface area contributed by atoms with Gasteiger partial charge in [-0.1, -0.05) is 0 Å². The van der Waals surface area contributed by atoms with Crippen molar-refractivity contribution < 1.29 is 8.42 Å². The van der Waals surface area contributed by atoms with Crippen LogP contribution in [0.1, 0.15) is 6.42 Å². The number of hydrogen-bond acceptors (Lipinski definition) is 3. The highest BCUT2D eigenvalue weighted by molar-refractivity contribution is 7.89. The molecule has 0 bridgehead atoms. The van der Waals surface area contributed by atoms with Crippen LogP contribution in [-0.2, 0) is 10.0 Å². The standard InChI is InChI=1S/C6H9ClN2O2S/c7-6(4-8)5-9-2-1-3-12(9,10)11/h6H,1-3,5H2. The number of halogens is 1. The lowest BCUT2D eigenvalue weighted by atomic mass is 10.4. The van der Waals surface area contributed by atoms with Gasteiger partial charge >= 0.3 is 0 Å². The molecule has 0 aromatic heterocycles. The molecule has 1 saturated heterocycles. The van der Waals surface area contributed by atoms with Crippen LogP contribution in [-0.4, -0.2) is 36.9 Å². The Kier molecular flexibility index (Phi) is 2.94. The van der Waals surface area contributed by atoms with Gasteiger partial charge in [0.1, 0.15) is 5.38 Å². The Bertz CT molecular complexity index is 295. The van der Waals surface area contributed by atoms with Gasteiger partial charge in [-0.25, -0.2) is 8.42 Å². The smallest absolute Gasteiger partial charge is 0.212 e. The molecule has 0 saturated carbocycles. The van der Waals surface area contributed by atoms with Crippen molar-refractivity contribution in [2.45, 2.75) is 11.8 Å². The number of sulfonamides is 1. The Morgan fingerprint density at radius 3 is 2.75 bits per heavy atom. The van der Waals surface area contributed by atoms with Crippen LogP contribution in [0.2, 0.25) is 0 Å². The van der Waals surface area contributed by atoms with Crippen LogP contribution in [0.25, 0.3) is 0 Å². The first-order chi connectivity index (χ1) is 5.56. The molecule has 4 nitrogen and oxygen atoms in total. The fourth-order valence-corrected chi connectivity index (χ4v) is 2.90. The van der Waals surface area contributed by atoms with Gasteiger partial charge in [-0.2, -0.15) is 9.57 Å². The van der Waals surface area contributed by atoms with E-state index in [-0.39, 0.29) is 12.3 Å². The van der Waals surface area contributed by atoms with Crippen molar-refractivity contribution in [3.05, 3.63) is 0 Å². The Labute approximate surface area is 76.8 Å². The minimum absolute atomic E-state index is 0.111. The molecular weight excluding hydrogens is 200 g/mol. The topological polar surface area (TPSA) is 61.2 Å². The SMILES string of the molecule is N#CC(Cl)CN1CCCS1(=O)=O. The van der Waals surface area contributed by atoms with Crippen LogP contribution < -0.4 is 0 Å². The molecular formula is C6H9ClN2O2S. The van der Waals surface area contributed by atoms with Crippen LogP contribution in [0, 0.1) is 11.3 Å². The number of nitriles is 1. The van der Waals surface area contributed by atoms with Crippen molar-refractivity contribution in [3.8, 4) is 6.07 Å². The molecule has 0 aromatic carbocycles. The minimum atomic E-state index is -3.09. The predicted molar refractivity (Wildman–Crippen MR) is 45.2 cm³/mol. The fourth-order valence-electron chi connectivity index (χ4n) is 1.12. The molecule has 1 aliphatic heterocycles. The quantitative estimate of drug-likeness (QED) is 0.607. The van der Waals surface area contributed by atoms with Crippen LogP contribution >= 0.6 is 11.6 Å². The van der Waals surface area contributed by atoms with E-state index in [9.17, 15) is 8.42 Å². The average Bonchev–Trinajstić information content (AvgIpc) is 2.31. The molecule has 0 aromatic rings. The normalized spacial score (nSPS) is 25.0. The van der Waals surface area contributed by atoms with Crippen LogP contribution in [0.5, 0.6) is 0 Å². The zero-order valence-corrected chi connectivity index (χ0v) is 7.98. The van der Waals surface area contributed by atoms with E-state index in [1.807, 2.05) is 0 Å². The van der Waals surface area contributed by atoms with Gasteiger partial charge in [-0.05, 0) is 6.42 Å². The maximum Gasteiger partial charge on any atom is 0.214 e. The first-order valence-corrected chi connectivity index (χ1v) is 5.62. The van der Waals surface area contributed by atoms with Gasteiger partial charge < -0.3 is 0 Å². The second-order valence-electron chi connectivity index (χ2n) is 2.62. The van der Waals surface area contributed by atoms with Crippen molar-refractivity contribution in [1.82, 2.24) is 4.31 Å². The van der Waals surface area contributed by atoms with Gasteiger partial charge in [0, 0.05) is 13.1 Å². The van der Waals surface area contributed by atoms with Crippen molar-refractivity contribution in [1.29, 1.82) is 5.26 Å². The molecule has 1 fully saturated rings. The van der Waals surface area contributed by atoms with Gasteiger partial charge in [-0.15, -0.1) is 11.6 Å². The third-order valence-electron chi connectivity index (χ3n) is 1.71. The zero-order chi connectivity index (χ0) is 9.19. The second kappa shape index (κ2) is 3.60. The molecule has 68 valence electrons. The van der Waals surface area contributed by atoms with Crippen molar-refractivity contribution >= 4 is 21.6 Å². The third kappa shape index (κ3) is 2.09. The number of nitrogens with zero attached hydrogens (tertiary/aromatic N) is 2. The lowest BCUT2D eigenvalue weighted by Crippen LogP contribution is -2.31. The first-order valence-electron chi connectivity index (χ1n) is 3.58.